The first-order chi connectivity index (χ1) is 10.1. The molecule has 0 radical (unpaired) electrons. The fourth-order valence-electron chi connectivity index (χ4n) is 3.69. The van der Waals surface area contributed by atoms with E-state index in [1.54, 1.807) is 0 Å². The van der Waals surface area contributed by atoms with Crippen LogP contribution in [0.2, 0.25) is 0 Å². The topological polar surface area (TPSA) is 21.3 Å². The van der Waals surface area contributed by atoms with Gasteiger partial charge in [-0.3, -0.25) is 0 Å². The number of hydrogen-bond acceptors (Lipinski definition) is 4. The Balaban J connectivity index is 1.77. The van der Waals surface area contributed by atoms with Crippen molar-refractivity contribution in [2.24, 2.45) is 5.92 Å². The van der Waals surface area contributed by atoms with Crippen LogP contribution in [-0.4, -0.2) is 30.8 Å². The van der Waals surface area contributed by atoms with Crippen molar-refractivity contribution in [3.05, 3.63) is 20.3 Å². The summed E-state index contributed by atoms with van der Waals surface area (Å²) < 4.78 is 7.52. The van der Waals surface area contributed by atoms with Gasteiger partial charge in [0, 0.05) is 17.5 Å². The van der Waals surface area contributed by atoms with E-state index in [1.165, 1.54) is 51.4 Å². The molecule has 0 amide bonds. The van der Waals surface area contributed by atoms with E-state index >= 15 is 0 Å². The molecule has 1 N–H and O–H groups in total. The molecule has 2 fully saturated rings. The Hall–Kier alpha value is 0.450. The van der Waals surface area contributed by atoms with Crippen LogP contribution < -0.4 is 5.32 Å². The average molecular weight is 390 g/mol. The van der Waals surface area contributed by atoms with E-state index in [2.05, 4.69) is 53.0 Å². The number of rotatable bonds is 3. The highest BCUT2D eigenvalue weighted by Crippen LogP contribution is 2.45. The van der Waals surface area contributed by atoms with Crippen LogP contribution in [-0.2, 0) is 4.74 Å². The number of hydrogen-bond donors (Lipinski definition) is 1. The molecule has 0 bridgehead atoms. The molecule has 21 heavy (non-hydrogen) atoms. The van der Waals surface area contributed by atoms with Crippen LogP contribution >= 0.6 is 39.0 Å². The maximum Gasteiger partial charge on any atom is 0.0731 e. The first-order valence-electron chi connectivity index (χ1n) is 7.78. The van der Waals surface area contributed by atoms with Crippen LogP contribution in [0.25, 0.3) is 0 Å². The second kappa shape index (κ2) is 6.91. The molecule has 2 aliphatic rings. The second-order valence-electron chi connectivity index (χ2n) is 6.27. The molecule has 3 heterocycles. The van der Waals surface area contributed by atoms with Gasteiger partial charge in [0.2, 0.25) is 0 Å². The lowest BCUT2D eigenvalue weighted by atomic mass is 9.78. The highest BCUT2D eigenvalue weighted by Gasteiger charge is 2.41. The SMILES string of the molecule is CNC(c1cc(C)c(Br)s1)C1CCOC2(CCSCC2)C1. The summed E-state index contributed by atoms with van der Waals surface area (Å²) in [6, 6.07) is 2.81. The molecule has 118 valence electrons. The Bertz CT molecular complexity index is 460. The summed E-state index contributed by atoms with van der Waals surface area (Å²) in [5.41, 5.74) is 1.53. The maximum absolute atomic E-state index is 6.25. The minimum Gasteiger partial charge on any atom is -0.375 e. The number of aryl methyl sites for hydroxylation is 1. The van der Waals surface area contributed by atoms with Crippen molar-refractivity contribution < 1.29 is 4.74 Å². The fourth-order valence-corrected chi connectivity index (χ4v) is 6.70. The monoisotopic (exact) mass is 389 g/mol. The predicted molar refractivity (Wildman–Crippen MR) is 96.5 cm³/mol. The fraction of sp³-hybridized carbons (Fsp3) is 0.750. The van der Waals surface area contributed by atoms with E-state index in [0.717, 1.165) is 6.61 Å². The van der Waals surface area contributed by atoms with Crippen molar-refractivity contribution in [1.29, 1.82) is 0 Å². The number of thioether (sulfide) groups is 1. The van der Waals surface area contributed by atoms with Gasteiger partial charge in [-0.1, -0.05) is 0 Å². The van der Waals surface area contributed by atoms with E-state index in [-0.39, 0.29) is 5.60 Å². The quantitative estimate of drug-likeness (QED) is 0.803. The van der Waals surface area contributed by atoms with E-state index in [1.807, 2.05) is 11.3 Å². The zero-order valence-corrected chi connectivity index (χ0v) is 16.0. The van der Waals surface area contributed by atoms with Gasteiger partial charge in [0.15, 0.2) is 0 Å². The van der Waals surface area contributed by atoms with Gasteiger partial charge < -0.3 is 10.1 Å². The standard InChI is InChI=1S/C16H24BrNOS2/c1-11-9-13(21-15(11)17)14(18-2)12-3-6-19-16(10-12)4-7-20-8-5-16/h9,12,14,18H,3-8,10H2,1-2H3. The Morgan fingerprint density at radius 2 is 2.19 bits per heavy atom. The third-order valence-corrected chi connectivity index (χ3v) is 8.11. The lowest BCUT2D eigenvalue weighted by molar-refractivity contribution is -0.107. The zero-order valence-electron chi connectivity index (χ0n) is 12.8. The third-order valence-electron chi connectivity index (χ3n) is 4.90. The van der Waals surface area contributed by atoms with Gasteiger partial charge in [-0.2, -0.15) is 11.8 Å². The largest absolute Gasteiger partial charge is 0.375 e. The predicted octanol–water partition coefficient (Wildman–Crippen LogP) is 4.77. The minimum absolute atomic E-state index is 0.173. The molecule has 0 saturated carbocycles. The smallest absolute Gasteiger partial charge is 0.0731 e. The van der Waals surface area contributed by atoms with Crippen molar-refractivity contribution >= 4 is 39.0 Å². The molecule has 3 rings (SSSR count). The van der Waals surface area contributed by atoms with Gasteiger partial charge in [-0.05, 0) is 84.6 Å². The van der Waals surface area contributed by atoms with Gasteiger partial charge in [0.1, 0.15) is 0 Å². The summed E-state index contributed by atoms with van der Waals surface area (Å²) in [4.78, 5) is 1.47. The van der Waals surface area contributed by atoms with E-state index < -0.39 is 0 Å². The number of halogens is 1. The minimum atomic E-state index is 0.173. The molecular weight excluding hydrogens is 366 g/mol. The van der Waals surface area contributed by atoms with Crippen LogP contribution in [0.5, 0.6) is 0 Å². The molecule has 2 nitrogen and oxygen atoms in total. The third kappa shape index (κ3) is 3.52. The Kier molecular flexibility index (Phi) is 5.37. The van der Waals surface area contributed by atoms with E-state index in [4.69, 9.17) is 4.74 Å². The van der Waals surface area contributed by atoms with Crippen molar-refractivity contribution in [2.75, 3.05) is 25.2 Å². The number of thiophene rings is 1. The molecule has 2 saturated heterocycles. The van der Waals surface area contributed by atoms with Gasteiger partial charge in [-0.15, -0.1) is 11.3 Å². The lowest BCUT2D eigenvalue weighted by Gasteiger charge is -2.45. The molecule has 1 aromatic rings. The molecule has 0 aliphatic carbocycles. The lowest BCUT2D eigenvalue weighted by Crippen LogP contribution is -2.45. The van der Waals surface area contributed by atoms with Crippen LogP contribution in [0.1, 0.15) is 42.2 Å². The molecule has 1 aromatic heterocycles. The van der Waals surface area contributed by atoms with Gasteiger partial charge >= 0.3 is 0 Å². The van der Waals surface area contributed by atoms with Crippen LogP contribution in [0.3, 0.4) is 0 Å². The first-order valence-corrected chi connectivity index (χ1v) is 10.5. The Morgan fingerprint density at radius 3 is 2.81 bits per heavy atom. The summed E-state index contributed by atoms with van der Waals surface area (Å²) >= 11 is 7.64. The molecule has 0 aromatic carbocycles. The van der Waals surface area contributed by atoms with Crippen molar-refractivity contribution in [3.63, 3.8) is 0 Å². The summed E-state index contributed by atoms with van der Waals surface area (Å²) in [5.74, 6) is 3.22. The van der Waals surface area contributed by atoms with Gasteiger partial charge in [-0.25, -0.2) is 0 Å². The summed E-state index contributed by atoms with van der Waals surface area (Å²) in [7, 11) is 2.10. The van der Waals surface area contributed by atoms with Crippen molar-refractivity contribution in [3.8, 4) is 0 Å². The summed E-state index contributed by atoms with van der Waals surface area (Å²) in [6.45, 7) is 3.11. The first kappa shape index (κ1) is 16.3. The van der Waals surface area contributed by atoms with Crippen molar-refractivity contribution in [1.82, 2.24) is 5.32 Å². The molecule has 2 aliphatic heterocycles. The summed E-state index contributed by atoms with van der Waals surface area (Å²) in [6.07, 6.45) is 4.86. The van der Waals surface area contributed by atoms with Crippen LogP contribution in [0.4, 0.5) is 0 Å². The van der Waals surface area contributed by atoms with Crippen molar-refractivity contribution in [2.45, 2.75) is 44.2 Å². The maximum atomic E-state index is 6.25. The van der Waals surface area contributed by atoms with E-state index in [0.29, 0.717) is 12.0 Å². The second-order valence-corrected chi connectivity index (χ2v) is 9.89. The zero-order chi connectivity index (χ0) is 14.9. The number of ether oxygens (including phenoxy) is 1. The number of nitrogens with one attached hydrogen (secondary N) is 1. The van der Waals surface area contributed by atoms with Crippen LogP contribution in [0, 0.1) is 12.8 Å². The summed E-state index contributed by atoms with van der Waals surface area (Å²) in [5, 5.41) is 3.58. The Labute approximate surface area is 144 Å². The molecular formula is C16H24BrNOS2. The van der Waals surface area contributed by atoms with Crippen LogP contribution in [0.15, 0.2) is 9.85 Å². The van der Waals surface area contributed by atoms with E-state index in [9.17, 15) is 0 Å². The normalized spacial score (nSPS) is 26.9. The molecule has 2 atom stereocenters. The molecule has 1 spiro atoms. The highest BCUT2D eigenvalue weighted by molar-refractivity contribution is 9.11. The van der Waals surface area contributed by atoms with Gasteiger partial charge in [0.05, 0.1) is 9.39 Å². The van der Waals surface area contributed by atoms with Gasteiger partial charge in [0.25, 0.3) is 0 Å². The molecule has 2 unspecified atom stereocenters. The molecule has 5 heteroatoms. The highest BCUT2D eigenvalue weighted by atomic mass is 79.9. The average Bonchev–Trinajstić information content (AvgIpc) is 2.80. The Morgan fingerprint density at radius 1 is 1.43 bits per heavy atom.